The second-order valence-electron chi connectivity index (χ2n) is 4.52. The molecule has 1 heterocycles. The molecule has 5 nitrogen and oxygen atoms in total. The first-order chi connectivity index (χ1) is 10.8. The molecule has 0 spiro atoms. The normalized spacial score (nSPS) is 10.2. The number of nitrogens with one attached hydrogen (secondary N) is 1. The number of benzene rings is 2. The van der Waals surface area contributed by atoms with Crippen LogP contribution in [0.5, 0.6) is 11.5 Å². The molecule has 0 aliphatic carbocycles. The summed E-state index contributed by atoms with van der Waals surface area (Å²) < 4.78 is 9.55. The Morgan fingerprint density at radius 3 is 2.64 bits per heavy atom. The lowest BCUT2D eigenvalue weighted by atomic mass is 10.2. The van der Waals surface area contributed by atoms with Gasteiger partial charge < -0.3 is 10.1 Å². The van der Waals surface area contributed by atoms with Crippen molar-refractivity contribution in [1.29, 1.82) is 0 Å². The molecule has 0 unspecified atom stereocenters. The third-order valence-electron chi connectivity index (χ3n) is 2.87. The highest BCUT2D eigenvalue weighted by molar-refractivity contribution is 7.05. The molecule has 2 aromatic carbocycles. The maximum Gasteiger partial charge on any atom is 0.229 e. The molecule has 0 aliphatic heterocycles. The molecule has 0 aliphatic rings. The fraction of sp³-hybridized carbons (Fsp3) is 0.0625. The van der Waals surface area contributed by atoms with Crippen molar-refractivity contribution >= 4 is 23.1 Å². The van der Waals surface area contributed by atoms with Crippen LogP contribution in [0, 0.1) is 0 Å². The van der Waals surface area contributed by atoms with Gasteiger partial charge in [-0.25, -0.2) is 0 Å². The van der Waals surface area contributed by atoms with Crippen molar-refractivity contribution in [3.8, 4) is 11.5 Å². The lowest BCUT2D eigenvalue weighted by molar-refractivity contribution is -0.115. The second kappa shape index (κ2) is 6.82. The van der Waals surface area contributed by atoms with E-state index >= 15 is 0 Å². The number of para-hydroxylation sites is 3. The van der Waals surface area contributed by atoms with Gasteiger partial charge in [0.1, 0.15) is 5.75 Å². The highest BCUT2D eigenvalue weighted by Crippen LogP contribution is 2.29. The molecule has 0 atom stereocenters. The average Bonchev–Trinajstić information content (AvgIpc) is 3.03. The van der Waals surface area contributed by atoms with Gasteiger partial charge in [-0.1, -0.05) is 34.8 Å². The van der Waals surface area contributed by atoms with E-state index in [9.17, 15) is 4.79 Å². The van der Waals surface area contributed by atoms with E-state index in [2.05, 4.69) is 14.9 Å². The Morgan fingerprint density at radius 2 is 1.86 bits per heavy atom. The van der Waals surface area contributed by atoms with Gasteiger partial charge in [0.15, 0.2) is 5.75 Å². The molecule has 6 heteroatoms. The zero-order valence-electron chi connectivity index (χ0n) is 11.6. The fourth-order valence-corrected chi connectivity index (χ4v) is 2.38. The number of amides is 1. The molecule has 0 bridgehead atoms. The van der Waals surface area contributed by atoms with Crippen LogP contribution in [0.2, 0.25) is 0 Å². The summed E-state index contributed by atoms with van der Waals surface area (Å²) in [5, 5.41) is 6.58. The summed E-state index contributed by atoms with van der Waals surface area (Å²) in [4.78, 5) is 12.9. The van der Waals surface area contributed by atoms with Gasteiger partial charge in [-0.05, 0) is 35.8 Å². The molecule has 1 N–H and O–H groups in total. The Labute approximate surface area is 131 Å². The van der Waals surface area contributed by atoms with Gasteiger partial charge in [-0.2, -0.15) is 0 Å². The number of carbonyl (C=O) groups excluding carboxylic acids is 1. The van der Waals surface area contributed by atoms with Crippen LogP contribution >= 0.6 is 11.5 Å². The predicted molar refractivity (Wildman–Crippen MR) is 85.2 cm³/mol. The van der Waals surface area contributed by atoms with Gasteiger partial charge in [0, 0.05) is 0 Å². The van der Waals surface area contributed by atoms with Crippen LogP contribution in [0.4, 0.5) is 5.69 Å². The number of anilines is 1. The van der Waals surface area contributed by atoms with Gasteiger partial charge in [0.25, 0.3) is 0 Å². The minimum absolute atomic E-state index is 0.129. The minimum Gasteiger partial charge on any atom is -0.455 e. The van der Waals surface area contributed by atoms with Gasteiger partial charge in [-0.3, -0.25) is 4.79 Å². The van der Waals surface area contributed by atoms with Crippen molar-refractivity contribution in [1.82, 2.24) is 9.59 Å². The molecule has 3 rings (SSSR count). The van der Waals surface area contributed by atoms with E-state index in [0.717, 1.165) is 10.6 Å². The first-order valence-electron chi connectivity index (χ1n) is 6.69. The monoisotopic (exact) mass is 311 g/mol. The van der Waals surface area contributed by atoms with Crippen LogP contribution in [0.25, 0.3) is 0 Å². The predicted octanol–water partition coefficient (Wildman–Crippen LogP) is 3.51. The van der Waals surface area contributed by atoms with Crippen LogP contribution in [0.15, 0.2) is 60.8 Å². The lowest BCUT2D eigenvalue weighted by Gasteiger charge is -2.11. The van der Waals surface area contributed by atoms with Crippen LogP contribution in [-0.4, -0.2) is 15.5 Å². The van der Waals surface area contributed by atoms with Gasteiger partial charge in [-0.15, -0.1) is 5.10 Å². The molecule has 1 aromatic heterocycles. The minimum atomic E-state index is -0.129. The molecule has 0 saturated carbocycles. The van der Waals surface area contributed by atoms with E-state index in [1.807, 2.05) is 48.5 Å². The van der Waals surface area contributed by atoms with Crippen molar-refractivity contribution in [2.45, 2.75) is 6.42 Å². The third kappa shape index (κ3) is 3.67. The summed E-state index contributed by atoms with van der Waals surface area (Å²) in [5.41, 5.74) is 0.633. The number of ether oxygens (including phenoxy) is 1. The van der Waals surface area contributed by atoms with Crippen LogP contribution in [-0.2, 0) is 11.2 Å². The summed E-state index contributed by atoms with van der Waals surface area (Å²) in [6.45, 7) is 0. The van der Waals surface area contributed by atoms with Crippen molar-refractivity contribution in [3.63, 3.8) is 0 Å². The highest BCUT2D eigenvalue weighted by atomic mass is 32.1. The van der Waals surface area contributed by atoms with E-state index in [4.69, 9.17) is 4.74 Å². The number of hydrogen-bond acceptors (Lipinski definition) is 5. The van der Waals surface area contributed by atoms with E-state index in [-0.39, 0.29) is 12.3 Å². The summed E-state index contributed by atoms with van der Waals surface area (Å²) in [6, 6.07) is 16.8. The summed E-state index contributed by atoms with van der Waals surface area (Å²) in [7, 11) is 0. The molecule has 0 fully saturated rings. The van der Waals surface area contributed by atoms with Gasteiger partial charge in [0.05, 0.1) is 23.2 Å². The van der Waals surface area contributed by atoms with Gasteiger partial charge >= 0.3 is 0 Å². The first-order valence-corrected chi connectivity index (χ1v) is 7.46. The summed E-state index contributed by atoms with van der Waals surface area (Å²) >= 11 is 1.22. The number of carbonyl (C=O) groups is 1. The van der Waals surface area contributed by atoms with E-state index in [1.54, 1.807) is 12.3 Å². The van der Waals surface area contributed by atoms with E-state index in [0.29, 0.717) is 11.4 Å². The topological polar surface area (TPSA) is 64.1 Å². The average molecular weight is 311 g/mol. The quantitative estimate of drug-likeness (QED) is 0.783. The zero-order chi connectivity index (χ0) is 15.2. The van der Waals surface area contributed by atoms with Crippen molar-refractivity contribution in [2.24, 2.45) is 0 Å². The fourth-order valence-electron chi connectivity index (χ4n) is 1.89. The standard InChI is InChI=1S/C16H13N3O2S/c20-16(10-13-11-17-19-22-13)18-14-8-4-5-9-15(14)21-12-6-2-1-3-7-12/h1-9,11H,10H2,(H,18,20). The number of aromatic nitrogens is 2. The Bertz CT molecular complexity index is 745. The van der Waals surface area contributed by atoms with E-state index in [1.165, 1.54) is 11.5 Å². The van der Waals surface area contributed by atoms with Crippen molar-refractivity contribution in [2.75, 3.05) is 5.32 Å². The molecular weight excluding hydrogens is 298 g/mol. The van der Waals surface area contributed by atoms with Crippen LogP contribution in [0.3, 0.4) is 0 Å². The number of rotatable bonds is 5. The first kappa shape index (κ1) is 14.2. The maximum atomic E-state index is 12.1. The Balaban J connectivity index is 1.72. The Hall–Kier alpha value is -2.73. The molecule has 3 aromatic rings. The third-order valence-corrected chi connectivity index (χ3v) is 3.53. The lowest BCUT2D eigenvalue weighted by Crippen LogP contribution is -2.14. The smallest absolute Gasteiger partial charge is 0.229 e. The second-order valence-corrected chi connectivity index (χ2v) is 5.39. The Morgan fingerprint density at radius 1 is 1.09 bits per heavy atom. The molecule has 110 valence electrons. The van der Waals surface area contributed by atoms with Crippen LogP contribution < -0.4 is 10.1 Å². The Kier molecular flexibility index (Phi) is 4.41. The van der Waals surface area contributed by atoms with Gasteiger partial charge in [0.2, 0.25) is 5.91 Å². The highest BCUT2D eigenvalue weighted by Gasteiger charge is 2.10. The number of nitrogens with zero attached hydrogens (tertiary/aromatic N) is 2. The molecule has 0 radical (unpaired) electrons. The largest absolute Gasteiger partial charge is 0.455 e. The maximum absolute atomic E-state index is 12.1. The van der Waals surface area contributed by atoms with Crippen LogP contribution in [0.1, 0.15) is 4.88 Å². The molecule has 1 amide bonds. The molecule has 22 heavy (non-hydrogen) atoms. The van der Waals surface area contributed by atoms with Crippen molar-refractivity contribution in [3.05, 3.63) is 65.7 Å². The summed E-state index contributed by atoms with van der Waals surface area (Å²) in [6.07, 6.45) is 1.84. The molecule has 0 saturated heterocycles. The van der Waals surface area contributed by atoms with Crippen molar-refractivity contribution < 1.29 is 9.53 Å². The van der Waals surface area contributed by atoms with E-state index < -0.39 is 0 Å². The molecular formula is C16H13N3O2S. The zero-order valence-corrected chi connectivity index (χ0v) is 12.4. The SMILES string of the molecule is O=C(Cc1cnns1)Nc1ccccc1Oc1ccccc1. The number of hydrogen-bond donors (Lipinski definition) is 1. The summed E-state index contributed by atoms with van der Waals surface area (Å²) in [5.74, 6) is 1.19.